The van der Waals surface area contributed by atoms with E-state index in [1.165, 1.54) is 89.9 Å². The van der Waals surface area contributed by atoms with Gasteiger partial charge in [0.15, 0.2) is 0 Å². The van der Waals surface area contributed by atoms with Gasteiger partial charge in [0.25, 0.3) is 0 Å². The molecule has 2 fully saturated rings. The molecule has 2 aliphatic rings. The molecule has 0 aliphatic heterocycles. The third-order valence-electron chi connectivity index (χ3n) is 7.26. The predicted octanol–water partition coefficient (Wildman–Crippen LogP) is 8.13. The highest BCUT2D eigenvalue weighted by molar-refractivity contribution is 5.19. The van der Waals surface area contributed by atoms with Crippen LogP contribution in [0.15, 0.2) is 30.3 Å². The van der Waals surface area contributed by atoms with E-state index in [9.17, 15) is 0 Å². The van der Waals surface area contributed by atoms with Gasteiger partial charge in [-0.25, -0.2) is 0 Å². The molecule has 1 aromatic carbocycles. The molecule has 0 radical (unpaired) electrons. The van der Waals surface area contributed by atoms with Gasteiger partial charge >= 0.3 is 0 Å². The molecule has 0 amide bonds. The first-order chi connectivity index (χ1) is 12.3. The Labute approximate surface area is 156 Å². The minimum absolute atomic E-state index is 0.843. The molecule has 0 bridgehead atoms. The Bertz CT molecular complexity index is 446. The molecule has 1 aromatic rings. The molecule has 0 N–H and O–H groups in total. The zero-order valence-electron chi connectivity index (χ0n) is 16.6. The van der Waals surface area contributed by atoms with Crippen molar-refractivity contribution in [1.29, 1.82) is 0 Å². The topological polar surface area (TPSA) is 0 Å². The van der Waals surface area contributed by atoms with E-state index in [1.54, 1.807) is 5.56 Å². The maximum Gasteiger partial charge on any atom is -0.0162 e. The van der Waals surface area contributed by atoms with Gasteiger partial charge in [-0.15, -0.1) is 0 Å². The van der Waals surface area contributed by atoms with Crippen LogP contribution in [0.3, 0.4) is 0 Å². The van der Waals surface area contributed by atoms with E-state index in [0.29, 0.717) is 0 Å². The molecular weight excluding hydrogens is 300 g/mol. The van der Waals surface area contributed by atoms with Crippen molar-refractivity contribution in [3.05, 3.63) is 35.9 Å². The van der Waals surface area contributed by atoms with Crippen LogP contribution in [-0.4, -0.2) is 0 Å². The normalized spacial score (nSPS) is 30.3. The summed E-state index contributed by atoms with van der Waals surface area (Å²) in [4.78, 5) is 0. The lowest BCUT2D eigenvalue weighted by molar-refractivity contribution is 0.243. The lowest BCUT2D eigenvalue weighted by Crippen LogP contribution is -2.15. The monoisotopic (exact) mass is 340 g/mol. The first-order valence-electron chi connectivity index (χ1n) is 11.4. The Balaban J connectivity index is 1.25. The van der Waals surface area contributed by atoms with Crippen LogP contribution < -0.4 is 0 Å². The molecule has 0 unspecified atom stereocenters. The third-order valence-corrected chi connectivity index (χ3v) is 7.26. The zero-order valence-corrected chi connectivity index (χ0v) is 16.6. The molecular formula is C25H40. The summed E-state index contributed by atoms with van der Waals surface area (Å²) < 4.78 is 0. The van der Waals surface area contributed by atoms with Crippen LogP contribution in [0.5, 0.6) is 0 Å². The standard InChI is InChI=1S/C25H40/c1-2-8-21-13-15-22(16-14-21)9-6-7-10-23-17-19-25(20-18-23)24-11-4-3-5-12-24/h3-5,11-12,21-23,25H,2,6-10,13-20H2,1H3. The van der Waals surface area contributed by atoms with Crippen molar-refractivity contribution in [1.82, 2.24) is 0 Å². The smallest absolute Gasteiger partial charge is 0.0162 e. The largest absolute Gasteiger partial charge is 0.0654 e. The van der Waals surface area contributed by atoms with E-state index in [-0.39, 0.29) is 0 Å². The zero-order chi connectivity index (χ0) is 17.3. The van der Waals surface area contributed by atoms with Gasteiger partial charge in [0.05, 0.1) is 0 Å². The molecule has 0 heteroatoms. The summed E-state index contributed by atoms with van der Waals surface area (Å²) in [7, 11) is 0. The second kappa shape index (κ2) is 10.4. The Kier molecular flexibility index (Phi) is 7.89. The minimum atomic E-state index is 0.843. The predicted molar refractivity (Wildman–Crippen MR) is 110 cm³/mol. The highest BCUT2D eigenvalue weighted by Crippen LogP contribution is 2.38. The van der Waals surface area contributed by atoms with Crippen LogP contribution in [-0.2, 0) is 0 Å². The van der Waals surface area contributed by atoms with Crippen molar-refractivity contribution in [2.45, 2.75) is 103 Å². The molecule has 0 nitrogen and oxygen atoms in total. The Morgan fingerprint density at radius 2 is 1.12 bits per heavy atom. The fourth-order valence-electron chi connectivity index (χ4n) is 5.59. The minimum Gasteiger partial charge on any atom is -0.0654 e. The van der Waals surface area contributed by atoms with Crippen LogP contribution >= 0.6 is 0 Å². The molecule has 2 aliphatic carbocycles. The van der Waals surface area contributed by atoms with E-state index in [2.05, 4.69) is 37.3 Å². The van der Waals surface area contributed by atoms with Crippen molar-refractivity contribution in [2.24, 2.45) is 17.8 Å². The second-order valence-corrected chi connectivity index (χ2v) is 9.09. The van der Waals surface area contributed by atoms with Crippen LogP contribution in [0.4, 0.5) is 0 Å². The van der Waals surface area contributed by atoms with E-state index in [4.69, 9.17) is 0 Å². The first-order valence-corrected chi connectivity index (χ1v) is 11.4. The third kappa shape index (κ3) is 6.15. The van der Waals surface area contributed by atoms with E-state index >= 15 is 0 Å². The number of hydrogen-bond acceptors (Lipinski definition) is 0. The van der Waals surface area contributed by atoms with Crippen LogP contribution in [0, 0.1) is 17.8 Å². The fourth-order valence-corrected chi connectivity index (χ4v) is 5.59. The van der Waals surface area contributed by atoms with Gasteiger partial charge in [-0.1, -0.05) is 101 Å². The molecule has 0 heterocycles. The number of hydrogen-bond donors (Lipinski definition) is 0. The Morgan fingerprint density at radius 3 is 1.64 bits per heavy atom. The molecule has 0 saturated heterocycles. The lowest BCUT2D eigenvalue weighted by atomic mass is 9.76. The van der Waals surface area contributed by atoms with E-state index in [0.717, 1.165) is 23.7 Å². The van der Waals surface area contributed by atoms with E-state index in [1.807, 2.05) is 0 Å². The van der Waals surface area contributed by atoms with Gasteiger partial charge in [-0.2, -0.15) is 0 Å². The highest BCUT2D eigenvalue weighted by atomic mass is 14.3. The maximum atomic E-state index is 2.35. The quantitative estimate of drug-likeness (QED) is 0.419. The molecule has 140 valence electrons. The summed E-state index contributed by atoms with van der Waals surface area (Å²) >= 11 is 0. The maximum absolute atomic E-state index is 2.35. The summed E-state index contributed by atoms with van der Waals surface area (Å²) in [5.41, 5.74) is 1.58. The number of unbranched alkanes of at least 4 members (excludes halogenated alkanes) is 1. The molecule has 0 aromatic heterocycles. The molecule has 3 rings (SSSR count). The lowest BCUT2D eigenvalue weighted by Gasteiger charge is -2.30. The van der Waals surface area contributed by atoms with Gasteiger partial charge in [0.1, 0.15) is 0 Å². The van der Waals surface area contributed by atoms with Gasteiger partial charge < -0.3 is 0 Å². The highest BCUT2D eigenvalue weighted by Gasteiger charge is 2.23. The van der Waals surface area contributed by atoms with Crippen LogP contribution in [0.25, 0.3) is 0 Å². The van der Waals surface area contributed by atoms with Crippen molar-refractivity contribution in [2.75, 3.05) is 0 Å². The summed E-state index contributed by atoms with van der Waals surface area (Å²) in [6.45, 7) is 2.35. The van der Waals surface area contributed by atoms with Crippen LogP contribution in [0.2, 0.25) is 0 Å². The SMILES string of the molecule is CCCC1CCC(CCCCC2CCC(c3ccccc3)CC2)CC1. The Hall–Kier alpha value is -0.780. The number of benzene rings is 1. The average molecular weight is 341 g/mol. The summed E-state index contributed by atoms with van der Waals surface area (Å²) in [6.07, 6.45) is 20.8. The van der Waals surface area contributed by atoms with Crippen molar-refractivity contribution in [3.63, 3.8) is 0 Å². The van der Waals surface area contributed by atoms with Gasteiger partial charge in [-0.05, 0) is 54.9 Å². The van der Waals surface area contributed by atoms with Gasteiger partial charge in [-0.3, -0.25) is 0 Å². The second-order valence-electron chi connectivity index (χ2n) is 9.09. The van der Waals surface area contributed by atoms with Crippen molar-refractivity contribution < 1.29 is 0 Å². The van der Waals surface area contributed by atoms with Crippen molar-refractivity contribution in [3.8, 4) is 0 Å². The molecule has 0 spiro atoms. The molecule has 2 saturated carbocycles. The first kappa shape index (κ1) is 19.0. The molecule has 0 atom stereocenters. The number of rotatable bonds is 8. The summed E-state index contributed by atoms with van der Waals surface area (Å²) in [5.74, 6) is 4.01. The Morgan fingerprint density at radius 1 is 0.640 bits per heavy atom. The average Bonchev–Trinajstić information content (AvgIpc) is 2.68. The molecule has 25 heavy (non-hydrogen) atoms. The van der Waals surface area contributed by atoms with Crippen LogP contribution in [0.1, 0.15) is 108 Å². The van der Waals surface area contributed by atoms with Gasteiger partial charge in [0, 0.05) is 0 Å². The summed E-state index contributed by atoms with van der Waals surface area (Å²) in [6, 6.07) is 11.2. The fraction of sp³-hybridized carbons (Fsp3) is 0.760. The van der Waals surface area contributed by atoms with Gasteiger partial charge in [0.2, 0.25) is 0 Å². The summed E-state index contributed by atoms with van der Waals surface area (Å²) in [5, 5.41) is 0. The van der Waals surface area contributed by atoms with E-state index < -0.39 is 0 Å². The van der Waals surface area contributed by atoms with Crippen molar-refractivity contribution >= 4 is 0 Å².